The summed E-state index contributed by atoms with van der Waals surface area (Å²) in [7, 11) is 0. The van der Waals surface area contributed by atoms with Gasteiger partial charge in [-0.05, 0) is 83.5 Å². The highest BCUT2D eigenvalue weighted by atomic mass is 16.6. The molecule has 0 saturated heterocycles. The third-order valence-corrected chi connectivity index (χ3v) is 13.5. The van der Waals surface area contributed by atoms with Gasteiger partial charge in [0.1, 0.15) is 13.2 Å². The molecule has 0 aliphatic heterocycles. The van der Waals surface area contributed by atoms with Crippen molar-refractivity contribution in [2.24, 2.45) is 0 Å². The molecule has 0 N–H and O–H groups in total. The molecular weight excluding hydrogens is 877 g/mol. The number of allylic oxidation sites excluding steroid dienone is 10. The van der Waals surface area contributed by atoms with Crippen LogP contribution in [-0.4, -0.2) is 37.2 Å². The molecule has 0 rings (SSSR count). The SMILES string of the molecule is CC/C=C\C/C=C\C/C=C\C/C=C\CCCCCCC(=O)OC[C@H](COC(=O)CCCCCCCCC/C=C\CCCCCC)OC(=O)CCCCCCCCCCCCCCCCCCCCCCC. The second kappa shape index (κ2) is 59.7. The van der Waals surface area contributed by atoms with Gasteiger partial charge in [0.15, 0.2) is 6.10 Å². The monoisotopic (exact) mass is 993 g/mol. The Bertz CT molecular complexity index is 1280. The van der Waals surface area contributed by atoms with Crippen molar-refractivity contribution in [3.8, 4) is 0 Å². The number of carbonyl (C=O) groups excluding carboxylic acids is 3. The number of hydrogen-bond donors (Lipinski definition) is 0. The maximum atomic E-state index is 12.9. The Hall–Kier alpha value is -2.89. The van der Waals surface area contributed by atoms with Crippen LogP contribution in [0, 0.1) is 0 Å². The lowest BCUT2D eigenvalue weighted by Crippen LogP contribution is -2.30. The van der Waals surface area contributed by atoms with Crippen molar-refractivity contribution in [3.05, 3.63) is 60.8 Å². The van der Waals surface area contributed by atoms with Crippen LogP contribution >= 0.6 is 0 Å². The molecule has 0 aliphatic rings. The fraction of sp³-hybridized carbons (Fsp3) is 0.800. The van der Waals surface area contributed by atoms with E-state index in [1.165, 1.54) is 180 Å². The van der Waals surface area contributed by atoms with Gasteiger partial charge in [0, 0.05) is 19.3 Å². The summed E-state index contributed by atoms with van der Waals surface area (Å²) in [6, 6.07) is 0. The van der Waals surface area contributed by atoms with Crippen LogP contribution < -0.4 is 0 Å². The molecule has 71 heavy (non-hydrogen) atoms. The van der Waals surface area contributed by atoms with Gasteiger partial charge in [0.25, 0.3) is 0 Å². The third kappa shape index (κ3) is 57.9. The molecule has 0 aromatic heterocycles. The van der Waals surface area contributed by atoms with E-state index in [-0.39, 0.29) is 31.1 Å². The molecular formula is C65H116O6. The van der Waals surface area contributed by atoms with Gasteiger partial charge in [0.2, 0.25) is 0 Å². The van der Waals surface area contributed by atoms with Crippen LogP contribution in [0.1, 0.15) is 316 Å². The van der Waals surface area contributed by atoms with Gasteiger partial charge in [-0.15, -0.1) is 0 Å². The van der Waals surface area contributed by atoms with Crippen molar-refractivity contribution < 1.29 is 28.6 Å². The van der Waals surface area contributed by atoms with Crippen LogP contribution in [0.25, 0.3) is 0 Å². The third-order valence-electron chi connectivity index (χ3n) is 13.5. The normalized spacial score (nSPS) is 12.4. The van der Waals surface area contributed by atoms with Crippen molar-refractivity contribution in [3.63, 3.8) is 0 Å². The zero-order valence-corrected chi connectivity index (χ0v) is 47.2. The quantitative estimate of drug-likeness (QED) is 0.0261. The van der Waals surface area contributed by atoms with Crippen molar-refractivity contribution in [1.29, 1.82) is 0 Å². The highest BCUT2D eigenvalue weighted by molar-refractivity contribution is 5.71. The van der Waals surface area contributed by atoms with Crippen molar-refractivity contribution in [1.82, 2.24) is 0 Å². The van der Waals surface area contributed by atoms with Crippen LogP contribution in [0.5, 0.6) is 0 Å². The largest absolute Gasteiger partial charge is 0.462 e. The fourth-order valence-corrected chi connectivity index (χ4v) is 8.90. The summed E-state index contributed by atoms with van der Waals surface area (Å²) in [6.07, 6.45) is 75.0. The first-order valence-electron chi connectivity index (χ1n) is 30.8. The Labute approximate surface area is 440 Å². The van der Waals surface area contributed by atoms with E-state index in [1.807, 2.05) is 0 Å². The minimum absolute atomic E-state index is 0.0817. The topological polar surface area (TPSA) is 78.9 Å². The van der Waals surface area contributed by atoms with Crippen LogP contribution in [0.3, 0.4) is 0 Å². The number of unbranched alkanes of at least 4 members (excludes halogenated alkanes) is 35. The first-order chi connectivity index (χ1) is 35.0. The maximum Gasteiger partial charge on any atom is 0.306 e. The predicted molar refractivity (Wildman–Crippen MR) is 307 cm³/mol. The predicted octanol–water partition coefficient (Wildman–Crippen LogP) is 20.8. The van der Waals surface area contributed by atoms with E-state index < -0.39 is 6.10 Å². The second-order valence-electron chi connectivity index (χ2n) is 20.6. The molecule has 0 spiro atoms. The molecule has 0 heterocycles. The molecule has 0 amide bonds. The summed E-state index contributed by atoms with van der Waals surface area (Å²) < 4.78 is 16.9. The Morgan fingerprint density at radius 3 is 0.887 bits per heavy atom. The van der Waals surface area contributed by atoms with Gasteiger partial charge >= 0.3 is 17.9 Å². The highest BCUT2D eigenvalue weighted by Gasteiger charge is 2.19. The first-order valence-corrected chi connectivity index (χ1v) is 30.8. The zero-order valence-electron chi connectivity index (χ0n) is 47.2. The van der Waals surface area contributed by atoms with E-state index >= 15 is 0 Å². The Morgan fingerprint density at radius 1 is 0.296 bits per heavy atom. The molecule has 0 fully saturated rings. The molecule has 1 atom stereocenters. The van der Waals surface area contributed by atoms with Gasteiger partial charge in [0.05, 0.1) is 0 Å². The average molecular weight is 994 g/mol. The smallest absolute Gasteiger partial charge is 0.306 e. The Balaban J connectivity index is 4.36. The van der Waals surface area contributed by atoms with E-state index in [4.69, 9.17) is 14.2 Å². The molecule has 0 bridgehead atoms. The zero-order chi connectivity index (χ0) is 51.4. The lowest BCUT2D eigenvalue weighted by Gasteiger charge is -2.18. The minimum Gasteiger partial charge on any atom is -0.462 e. The summed E-state index contributed by atoms with van der Waals surface area (Å²) in [5, 5.41) is 0. The molecule has 0 radical (unpaired) electrons. The van der Waals surface area contributed by atoms with E-state index in [0.717, 1.165) is 96.3 Å². The standard InChI is InChI=1S/C65H116O6/c1-4-7-10-13-16-19-22-25-28-30-31-32-33-35-38-41-44-47-50-53-56-59-65(68)71-62(60-69-63(66)57-54-51-48-45-42-39-36-27-24-21-18-15-12-9-6-3)61-70-64(67)58-55-52-49-46-43-40-37-34-29-26-23-20-17-14-11-8-5-2/h8,11,17,20-21,24,26,29,37,40,62H,4-7,9-10,12-16,18-19,22-23,25,27-28,30-36,38-39,41-61H2,1-3H3/b11-8-,20-17-,24-21-,29-26-,40-37-/t62-/m0/s1. The van der Waals surface area contributed by atoms with Crippen molar-refractivity contribution in [2.45, 2.75) is 322 Å². The van der Waals surface area contributed by atoms with Crippen LogP contribution in [-0.2, 0) is 28.6 Å². The van der Waals surface area contributed by atoms with E-state index in [9.17, 15) is 14.4 Å². The molecule has 0 saturated carbocycles. The molecule has 6 nitrogen and oxygen atoms in total. The van der Waals surface area contributed by atoms with E-state index in [1.54, 1.807) is 0 Å². The van der Waals surface area contributed by atoms with Gasteiger partial charge < -0.3 is 14.2 Å². The van der Waals surface area contributed by atoms with E-state index in [0.29, 0.717) is 19.3 Å². The van der Waals surface area contributed by atoms with Gasteiger partial charge in [-0.1, -0.05) is 274 Å². The summed E-state index contributed by atoms with van der Waals surface area (Å²) >= 11 is 0. The molecule has 0 unspecified atom stereocenters. The molecule has 0 aromatic rings. The minimum atomic E-state index is -0.785. The number of esters is 3. The second-order valence-corrected chi connectivity index (χ2v) is 20.6. The summed E-state index contributed by atoms with van der Waals surface area (Å²) in [5.74, 6) is -0.894. The van der Waals surface area contributed by atoms with Gasteiger partial charge in [-0.2, -0.15) is 0 Å². The first kappa shape index (κ1) is 68.1. The van der Waals surface area contributed by atoms with Crippen LogP contribution in [0.15, 0.2) is 60.8 Å². The summed E-state index contributed by atoms with van der Waals surface area (Å²) in [5.41, 5.74) is 0. The van der Waals surface area contributed by atoms with Gasteiger partial charge in [-0.3, -0.25) is 14.4 Å². The maximum absolute atomic E-state index is 12.9. The molecule has 412 valence electrons. The van der Waals surface area contributed by atoms with Crippen molar-refractivity contribution >= 4 is 17.9 Å². The van der Waals surface area contributed by atoms with Crippen LogP contribution in [0.2, 0.25) is 0 Å². The lowest BCUT2D eigenvalue weighted by atomic mass is 10.0. The summed E-state index contributed by atoms with van der Waals surface area (Å²) in [4.78, 5) is 38.2. The van der Waals surface area contributed by atoms with Crippen molar-refractivity contribution in [2.75, 3.05) is 13.2 Å². The van der Waals surface area contributed by atoms with Gasteiger partial charge in [-0.25, -0.2) is 0 Å². The number of rotatable bonds is 56. The molecule has 0 aliphatic carbocycles. The Morgan fingerprint density at radius 2 is 0.549 bits per heavy atom. The van der Waals surface area contributed by atoms with E-state index in [2.05, 4.69) is 81.5 Å². The summed E-state index contributed by atoms with van der Waals surface area (Å²) in [6.45, 7) is 6.53. The van der Waals surface area contributed by atoms with Crippen LogP contribution in [0.4, 0.5) is 0 Å². The lowest BCUT2D eigenvalue weighted by molar-refractivity contribution is -0.167. The number of hydrogen-bond acceptors (Lipinski definition) is 6. The fourth-order valence-electron chi connectivity index (χ4n) is 8.90. The number of ether oxygens (including phenoxy) is 3. The molecule has 6 heteroatoms. The average Bonchev–Trinajstić information content (AvgIpc) is 3.37. The number of carbonyl (C=O) groups is 3. The highest BCUT2D eigenvalue weighted by Crippen LogP contribution is 2.17. The Kier molecular flexibility index (Phi) is 57.2. The molecule has 0 aromatic carbocycles.